The zero-order valence-corrected chi connectivity index (χ0v) is 11.9. The highest BCUT2D eigenvalue weighted by Crippen LogP contribution is 2.30. The average Bonchev–Trinajstić information content (AvgIpc) is 2.55. The van der Waals surface area contributed by atoms with Crippen molar-refractivity contribution in [2.75, 3.05) is 7.11 Å². The number of halogens is 3. The summed E-state index contributed by atoms with van der Waals surface area (Å²) in [6, 6.07) is 2.68. The van der Waals surface area contributed by atoms with Crippen LogP contribution in [0, 0.1) is 5.82 Å². The lowest BCUT2D eigenvalue weighted by Gasteiger charge is -2.11. The van der Waals surface area contributed by atoms with E-state index >= 15 is 0 Å². The van der Waals surface area contributed by atoms with E-state index in [1.165, 1.54) is 6.08 Å². The Bertz CT molecular complexity index is 751. The molecule has 2 rings (SSSR count). The van der Waals surface area contributed by atoms with Crippen molar-refractivity contribution in [1.29, 1.82) is 0 Å². The summed E-state index contributed by atoms with van der Waals surface area (Å²) in [6.07, 6.45) is -0.447. The Labute approximate surface area is 129 Å². The summed E-state index contributed by atoms with van der Waals surface area (Å²) in [6.45, 7) is 3.49. The predicted octanol–water partition coefficient (Wildman–Crippen LogP) is 3.78. The van der Waals surface area contributed by atoms with Gasteiger partial charge in [0.2, 0.25) is 5.88 Å². The van der Waals surface area contributed by atoms with E-state index in [1.54, 1.807) is 0 Å². The van der Waals surface area contributed by atoms with Gasteiger partial charge in [0.1, 0.15) is 11.9 Å². The molecule has 0 spiro atoms. The van der Waals surface area contributed by atoms with Crippen LogP contribution < -0.4 is 4.74 Å². The molecule has 8 heteroatoms. The summed E-state index contributed by atoms with van der Waals surface area (Å²) < 4.78 is 48.7. The molecule has 0 aliphatic heterocycles. The van der Waals surface area contributed by atoms with Gasteiger partial charge in [0.05, 0.1) is 12.8 Å². The number of esters is 1. The zero-order valence-electron chi connectivity index (χ0n) is 11.9. The van der Waals surface area contributed by atoms with Gasteiger partial charge in [-0.15, -0.1) is 0 Å². The minimum Gasteiger partial charge on any atom is -0.465 e. The number of hydrogen-bond donors (Lipinski definition) is 0. The van der Waals surface area contributed by atoms with Crippen molar-refractivity contribution in [3.05, 3.63) is 53.7 Å². The summed E-state index contributed by atoms with van der Waals surface area (Å²) in [7, 11) is 1.14. The van der Waals surface area contributed by atoms with E-state index in [1.807, 2.05) is 0 Å². The topological polar surface area (TPSA) is 61.3 Å². The monoisotopic (exact) mass is 324 g/mol. The predicted molar refractivity (Wildman–Crippen MR) is 74.9 cm³/mol. The van der Waals surface area contributed by atoms with E-state index in [0.717, 1.165) is 25.6 Å². The number of alkyl halides is 2. The number of carbonyl (C=O) groups is 1. The Balaban J connectivity index is 2.44. The number of rotatable bonds is 5. The van der Waals surface area contributed by atoms with Crippen molar-refractivity contribution >= 4 is 12.0 Å². The van der Waals surface area contributed by atoms with Crippen molar-refractivity contribution in [1.82, 2.24) is 9.97 Å². The van der Waals surface area contributed by atoms with Crippen molar-refractivity contribution in [3.63, 3.8) is 0 Å². The Kier molecular flexibility index (Phi) is 4.95. The van der Waals surface area contributed by atoms with Gasteiger partial charge in [-0.05, 0) is 24.3 Å². The van der Waals surface area contributed by atoms with Crippen LogP contribution in [0.4, 0.5) is 13.2 Å². The van der Waals surface area contributed by atoms with E-state index in [9.17, 15) is 18.0 Å². The van der Waals surface area contributed by atoms with Crippen LogP contribution >= 0.6 is 0 Å². The second kappa shape index (κ2) is 6.91. The number of nitrogens with zero attached hydrogens (tertiary/aromatic N) is 2. The van der Waals surface area contributed by atoms with Gasteiger partial charge in [0, 0.05) is 5.56 Å². The third-order valence-electron chi connectivity index (χ3n) is 2.84. The van der Waals surface area contributed by atoms with Crippen molar-refractivity contribution in [2.45, 2.75) is 6.43 Å². The molecule has 0 aliphatic rings. The normalized spacial score (nSPS) is 10.5. The molecule has 0 saturated carbocycles. The van der Waals surface area contributed by atoms with E-state index in [4.69, 9.17) is 4.74 Å². The third kappa shape index (κ3) is 3.47. The van der Waals surface area contributed by atoms with E-state index in [2.05, 4.69) is 21.3 Å². The fraction of sp³-hybridized carbons (Fsp3) is 0.133. The van der Waals surface area contributed by atoms with Crippen LogP contribution in [0.15, 0.2) is 31.1 Å². The van der Waals surface area contributed by atoms with Gasteiger partial charge < -0.3 is 9.47 Å². The molecule has 23 heavy (non-hydrogen) atoms. The summed E-state index contributed by atoms with van der Waals surface area (Å²) in [5.74, 6) is -2.46. The Hall–Kier alpha value is -2.90. The number of benzene rings is 1. The lowest BCUT2D eigenvalue weighted by atomic mass is 10.2. The number of carbonyl (C=O) groups excluding carboxylic acids is 1. The summed E-state index contributed by atoms with van der Waals surface area (Å²) in [5.41, 5.74) is -0.508. The van der Waals surface area contributed by atoms with Gasteiger partial charge in [0.25, 0.3) is 6.43 Å². The molecule has 5 nitrogen and oxygen atoms in total. The standard InChI is InChI=1S/C15H11F3N2O3/c1-3-10-12(15(21)22-2)14(20-7-19-10)23-11-5-4-8(13(17)18)6-9(11)16/h3-7,13H,1H2,2H3. The lowest BCUT2D eigenvalue weighted by Crippen LogP contribution is -2.09. The molecule has 0 saturated heterocycles. The number of methoxy groups -OCH3 is 1. The zero-order chi connectivity index (χ0) is 17.0. The van der Waals surface area contributed by atoms with Crippen molar-refractivity contribution in [2.24, 2.45) is 0 Å². The molecular weight excluding hydrogens is 313 g/mol. The molecule has 0 fully saturated rings. The second-order valence-corrected chi connectivity index (χ2v) is 4.23. The largest absolute Gasteiger partial charge is 0.465 e. The van der Waals surface area contributed by atoms with E-state index < -0.39 is 23.8 Å². The van der Waals surface area contributed by atoms with Crippen molar-refractivity contribution in [3.8, 4) is 11.6 Å². The fourth-order valence-electron chi connectivity index (χ4n) is 1.75. The molecule has 0 unspecified atom stereocenters. The number of hydrogen-bond acceptors (Lipinski definition) is 5. The first-order chi connectivity index (χ1) is 11.0. The fourth-order valence-corrected chi connectivity index (χ4v) is 1.75. The van der Waals surface area contributed by atoms with Gasteiger partial charge in [0.15, 0.2) is 11.6 Å². The van der Waals surface area contributed by atoms with Crippen LogP contribution in [0.5, 0.6) is 11.6 Å². The molecule has 0 bridgehead atoms. The first kappa shape index (κ1) is 16.5. The average molecular weight is 324 g/mol. The Morgan fingerprint density at radius 3 is 2.65 bits per heavy atom. The summed E-state index contributed by atoms with van der Waals surface area (Å²) in [4.78, 5) is 19.4. The lowest BCUT2D eigenvalue weighted by molar-refractivity contribution is 0.0596. The number of ether oxygens (including phenoxy) is 2. The number of aromatic nitrogens is 2. The molecular formula is C15H11F3N2O3. The van der Waals surface area contributed by atoms with Crippen LogP contribution in [-0.4, -0.2) is 23.0 Å². The van der Waals surface area contributed by atoms with Crippen LogP contribution in [0.1, 0.15) is 28.0 Å². The third-order valence-corrected chi connectivity index (χ3v) is 2.84. The molecule has 0 atom stereocenters. The Morgan fingerprint density at radius 2 is 2.09 bits per heavy atom. The smallest absolute Gasteiger partial charge is 0.345 e. The molecule has 120 valence electrons. The molecule has 1 aromatic carbocycles. The van der Waals surface area contributed by atoms with E-state index in [-0.39, 0.29) is 22.9 Å². The van der Waals surface area contributed by atoms with Crippen LogP contribution in [0.3, 0.4) is 0 Å². The van der Waals surface area contributed by atoms with Gasteiger partial charge >= 0.3 is 5.97 Å². The van der Waals surface area contributed by atoms with E-state index in [0.29, 0.717) is 6.07 Å². The molecule has 0 amide bonds. The van der Waals surface area contributed by atoms with Gasteiger partial charge in [-0.3, -0.25) is 0 Å². The highest BCUT2D eigenvalue weighted by atomic mass is 19.3. The molecule has 1 heterocycles. The Morgan fingerprint density at radius 1 is 1.35 bits per heavy atom. The van der Waals surface area contributed by atoms with Crippen LogP contribution in [-0.2, 0) is 4.74 Å². The van der Waals surface area contributed by atoms with Gasteiger partial charge in [-0.25, -0.2) is 27.9 Å². The maximum Gasteiger partial charge on any atom is 0.345 e. The highest BCUT2D eigenvalue weighted by molar-refractivity contribution is 5.95. The van der Waals surface area contributed by atoms with Crippen LogP contribution in [0.2, 0.25) is 0 Å². The maximum atomic E-state index is 13.9. The minimum atomic E-state index is -2.81. The summed E-state index contributed by atoms with van der Waals surface area (Å²) >= 11 is 0. The molecule has 0 aliphatic carbocycles. The van der Waals surface area contributed by atoms with Gasteiger partial charge in [-0.2, -0.15) is 0 Å². The first-order valence-corrected chi connectivity index (χ1v) is 6.29. The maximum absolute atomic E-state index is 13.9. The highest BCUT2D eigenvalue weighted by Gasteiger charge is 2.21. The van der Waals surface area contributed by atoms with Crippen LogP contribution in [0.25, 0.3) is 6.08 Å². The minimum absolute atomic E-state index is 0.131. The summed E-state index contributed by atoms with van der Waals surface area (Å²) in [5, 5.41) is 0. The van der Waals surface area contributed by atoms with Gasteiger partial charge in [-0.1, -0.05) is 6.58 Å². The molecule has 2 aromatic rings. The molecule has 1 aromatic heterocycles. The molecule has 0 radical (unpaired) electrons. The second-order valence-electron chi connectivity index (χ2n) is 4.23. The SMILES string of the molecule is C=Cc1ncnc(Oc2ccc(C(F)F)cc2F)c1C(=O)OC. The first-order valence-electron chi connectivity index (χ1n) is 6.29. The molecule has 0 N–H and O–H groups in total. The van der Waals surface area contributed by atoms with Crippen molar-refractivity contribution < 1.29 is 27.4 Å². The quantitative estimate of drug-likeness (QED) is 0.783.